The van der Waals surface area contributed by atoms with E-state index in [1.165, 1.54) is 0 Å². The molecule has 7 nitrogen and oxygen atoms in total. The second-order valence-electron chi connectivity index (χ2n) is 7.86. The van der Waals surface area contributed by atoms with Crippen LogP contribution in [0.1, 0.15) is 35.1 Å². The summed E-state index contributed by atoms with van der Waals surface area (Å²) < 4.78 is 20.2. The maximum absolute atomic E-state index is 13.0. The largest absolute Gasteiger partial charge is 0.484 e. The average Bonchev–Trinajstić information content (AvgIpc) is 3.34. The number of fused-ring (bicyclic) bond motifs is 1. The first-order valence-corrected chi connectivity index (χ1v) is 9.96. The zero-order valence-corrected chi connectivity index (χ0v) is 16.0. The number of aromatic nitrogens is 2. The third-order valence-electron chi connectivity index (χ3n) is 5.62. The van der Waals surface area contributed by atoms with Crippen LogP contribution in [0.3, 0.4) is 0 Å². The lowest BCUT2D eigenvalue weighted by Crippen LogP contribution is -2.33. The molecule has 0 aromatic carbocycles. The Morgan fingerprint density at radius 3 is 2.54 bits per heavy atom. The fraction of sp³-hybridized carbons (Fsp3) is 0.524. The molecule has 0 radical (unpaired) electrons. The number of hydrogen-bond acceptors (Lipinski definition) is 5. The van der Waals surface area contributed by atoms with Gasteiger partial charge in [0.25, 0.3) is 5.91 Å². The molecule has 5 rings (SSSR count). The maximum atomic E-state index is 13.0. The molecule has 2 saturated heterocycles. The number of amides is 1. The van der Waals surface area contributed by atoms with Gasteiger partial charge in [0.1, 0.15) is 29.8 Å². The molecule has 0 N–H and O–H groups in total. The summed E-state index contributed by atoms with van der Waals surface area (Å²) in [7, 11) is 0. The predicted octanol–water partition coefficient (Wildman–Crippen LogP) is 2.21. The molecule has 1 amide bonds. The average molecular weight is 383 g/mol. The molecule has 2 aromatic rings. The summed E-state index contributed by atoms with van der Waals surface area (Å²) in [5.74, 6) is 0.781. The molecule has 0 unspecified atom stereocenters. The number of hydrogen-bond donors (Lipinski definition) is 0. The van der Waals surface area contributed by atoms with E-state index in [0.717, 1.165) is 24.2 Å². The van der Waals surface area contributed by atoms with Gasteiger partial charge < -0.3 is 23.7 Å². The normalized spacial score (nSPS) is 25.4. The molecular formula is C21H25N3O4. The van der Waals surface area contributed by atoms with Gasteiger partial charge in [-0.3, -0.25) is 9.78 Å². The summed E-state index contributed by atoms with van der Waals surface area (Å²) in [5.41, 5.74) is 1.72. The minimum Gasteiger partial charge on any atom is -0.484 e. The molecule has 7 heteroatoms. The van der Waals surface area contributed by atoms with Crippen molar-refractivity contribution in [3.05, 3.63) is 48.0 Å². The van der Waals surface area contributed by atoms with Gasteiger partial charge in [0.2, 0.25) is 0 Å². The lowest BCUT2D eigenvalue weighted by atomic mass is 10.3. The lowest BCUT2D eigenvalue weighted by Gasteiger charge is -2.20. The molecule has 3 fully saturated rings. The fourth-order valence-corrected chi connectivity index (χ4v) is 3.93. The van der Waals surface area contributed by atoms with Crippen LogP contribution in [0.2, 0.25) is 0 Å². The van der Waals surface area contributed by atoms with Crippen molar-refractivity contribution >= 4 is 5.91 Å². The minimum atomic E-state index is -0.175. The zero-order valence-electron chi connectivity index (χ0n) is 16.0. The van der Waals surface area contributed by atoms with Gasteiger partial charge in [-0.25, -0.2) is 0 Å². The van der Waals surface area contributed by atoms with Gasteiger partial charge in [-0.05, 0) is 44.0 Å². The van der Waals surface area contributed by atoms with E-state index >= 15 is 0 Å². The van der Waals surface area contributed by atoms with Crippen molar-refractivity contribution < 1.29 is 19.0 Å². The molecular weight excluding hydrogens is 358 g/mol. The van der Waals surface area contributed by atoms with Crippen LogP contribution in [-0.4, -0.2) is 65.0 Å². The number of pyridine rings is 1. The molecule has 28 heavy (non-hydrogen) atoms. The molecule has 0 bridgehead atoms. The molecule has 3 aliphatic rings. The van der Waals surface area contributed by atoms with E-state index in [9.17, 15) is 4.79 Å². The number of ether oxygens (including phenoxy) is 3. The molecule has 2 aromatic heterocycles. The quantitative estimate of drug-likeness (QED) is 0.810. The van der Waals surface area contributed by atoms with Crippen LogP contribution >= 0.6 is 0 Å². The summed E-state index contributed by atoms with van der Waals surface area (Å²) in [4.78, 5) is 19.1. The second-order valence-corrected chi connectivity index (χ2v) is 7.86. The topological polar surface area (TPSA) is 65.8 Å². The van der Waals surface area contributed by atoms with Crippen molar-refractivity contribution in [1.82, 2.24) is 14.5 Å². The van der Waals surface area contributed by atoms with E-state index in [0.29, 0.717) is 38.1 Å². The standard InChI is InChI=1S/C21H25N3O4/c1-14-4-7-16(9-22-14)28-17-12-26-19-10-23(11-20(19)27-13-17)21(25)18-3-2-8-24(18)15-5-6-15/h2-4,7-9,15,17,19-20H,5-6,10-13H2,1H3/t19-,20-/m0/s1. The number of nitrogens with zero attached hydrogens (tertiary/aromatic N) is 3. The fourth-order valence-electron chi connectivity index (χ4n) is 3.93. The van der Waals surface area contributed by atoms with E-state index in [1.54, 1.807) is 6.20 Å². The van der Waals surface area contributed by atoms with Crippen molar-refractivity contribution in [2.75, 3.05) is 26.3 Å². The van der Waals surface area contributed by atoms with Crippen molar-refractivity contribution in [1.29, 1.82) is 0 Å². The Bertz CT molecular complexity index is 830. The monoisotopic (exact) mass is 383 g/mol. The third-order valence-corrected chi connectivity index (χ3v) is 5.62. The summed E-state index contributed by atoms with van der Waals surface area (Å²) in [5, 5.41) is 0. The van der Waals surface area contributed by atoms with Crippen molar-refractivity contribution in [2.24, 2.45) is 0 Å². The molecule has 2 atom stereocenters. The van der Waals surface area contributed by atoms with E-state index in [1.807, 2.05) is 42.3 Å². The Balaban J connectivity index is 1.19. The zero-order chi connectivity index (χ0) is 19.1. The van der Waals surface area contributed by atoms with Crippen molar-refractivity contribution in [3.63, 3.8) is 0 Å². The smallest absolute Gasteiger partial charge is 0.270 e. The Morgan fingerprint density at radius 2 is 1.89 bits per heavy atom. The van der Waals surface area contributed by atoms with Crippen LogP contribution in [0.5, 0.6) is 5.75 Å². The first-order valence-electron chi connectivity index (χ1n) is 9.96. The number of likely N-dealkylation sites (tertiary alicyclic amines) is 1. The second kappa shape index (κ2) is 7.22. The summed E-state index contributed by atoms with van der Waals surface area (Å²) >= 11 is 0. The highest BCUT2D eigenvalue weighted by molar-refractivity contribution is 5.93. The lowest BCUT2D eigenvalue weighted by molar-refractivity contribution is -0.00461. The number of carbonyl (C=O) groups excluding carboxylic acids is 1. The van der Waals surface area contributed by atoms with Gasteiger partial charge in [-0.2, -0.15) is 0 Å². The highest BCUT2D eigenvalue weighted by Crippen LogP contribution is 2.36. The van der Waals surface area contributed by atoms with E-state index in [-0.39, 0.29) is 24.2 Å². The summed E-state index contributed by atoms with van der Waals surface area (Å²) in [6, 6.07) is 8.18. The van der Waals surface area contributed by atoms with Crippen molar-refractivity contribution in [2.45, 2.75) is 44.1 Å². The summed E-state index contributed by atoms with van der Waals surface area (Å²) in [6.07, 6.45) is 5.64. The Morgan fingerprint density at radius 1 is 1.14 bits per heavy atom. The van der Waals surface area contributed by atoms with Crippen molar-refractivity contribution in [3.8, 4) is 5.75 Å². The molecule has 1 aliphatic carbocycles. The molecule has 0 spiro atoms. The van der Waals surface area contributed by atoms with Gasteiger partial charge in [-0.15, -0.1) is 0 Å². The molecule has 148 valence electrons. The van der Waals surface area contributed by atoms with Gasteiger partial charge in [0.15, 0.2) is 0 Å². The number of rotatable bonds is 4. The first kappa shape index (κ1) is 17.7. The van der Waals surface area contributed by atoms with Crippen LogP contribution in [0.15, 0.2) is 36.7 Å². The van der Waals surface area contributed by atoms with Crippen LogP contribution in [-0.2, 0) is 9.47 Å². The van der Waals surface area contributed by atoms with Gasteiger partial charge in [-0.1, -0.05) is 0 Å². The van der Waals surface area contributed by atoms with E-state index in [2.05, 4.69) is 9.55 Å². The molecule has 1 saturated carbocycles. The summed E-state index contributed by atoms with van der Waals surface area (Å²) in [6.45, 7) is 3.93. The van der Waals surface area contributed by atoms with Crippen LogP contribution in [0.25, 0.3) is 0 Å². The molecule has 2 aliphatic heterocycles. The van der Waals surface area contributed by atoms with Gasteiger partial charge >= 0.3 is 0 Å². The SMILES string of the molecule is Cc1ccc(OC2CO[C@H]3CN(C(=O)c4cccn4C4CC4)C[C@@H]3OC2)cn1. The van der Waals surface area contributed by atoms with Crippen LogP contribution in [0, 0.1) is 6.92 Å². The highest BCUT2D eigenvalue weighted by atomic mass is 16.6. The van der Waals surface area contributed by atoms with Gasteiger partial charge in [0.05, 0.1) is 19.4 Å². The predicted molar refractivity (Wildman–Crippen MR) is 101 cm³/mol. The maximum Gasteiger partial charge on any atom is 0.270 e. The van der Waals surface area contributed by atoms with Crippen LogP contribution < -0.4 is 4.74 Å². The first-order chi connectivity index (χ1) is 13.7. The van der Waals surface area contributed by atoms with Gasteiger partial charge in [0, 0.05) is 31.0 Å². The minimum absolute atomic E-state index is 0.0655. The Labute approximate surface area is 164 Å². The molecule has 4 heterocycles. The van der Waals surface area contributed by atoms with Crippen LogP contribution in [0.4, 0.5) is 0 Å². The van der Waals surface area contributed by atoms with E-state index in [4.69, 9.17) is 14.2 Å². The Hall–Kier alpha value is -2.38. The highest BCUT2D eigenvalue weighted by Gasteiger charge is 2.41. The van der Waals surface area contributed by atoms with E-state index < -0.39 is 0 Å². The third kappa shape index (κ3) is 3.52. The number of aryl methyl sites for hydroxylation is 1. The Kier molecular flexibility index (Phi) is 4.56. The number of carbonyl (C=O) groups is 1.